The summed E-state index contributed by atoms with van der Waals surface area (Å²) >= 11 is 0. The molecule has 1 N–H and O–H groups in total. The molecule has 0 unspecified atom stereocenters. The molecule has 18 nitrogen and oxygen atoms in total. The SMILES string of the molecule is CN(CCOCCOCCOCCOCCOCCOCCOCCOCCOCCOCCOC(=O)CCC(=O)C(=O)O)C(=O)OCC1c2ccccc2-c2ccccc21. The van der Waals surface area contributed by atoms with Crippen molar-refractivity contribution < 1.29 is 81.1 Å². The van der Waals surface area contributed by atoms with Crippen molar-refractivity contribution in [1.29, 1.82) is 0 Å². The second kappa shape index (κ2) is 33.5. The van der Waals surface area contributed by atoms with Crippen LogP contribution in [0.2, 0.25) is 0 Å². The molecule has 2 aromatic rings. The van der Waals surface area contributed by atoms with Gasteiger partial charge >= 0.3 is 18.0 Å². The standard InChI is InChI=1S/C43H63NO17/c1-44(43(49)61-34-39-37-8-4-2-6-35(37)36-7-3-5-9-38(36)39)12-13-50-14-15-51-16-17-52-18-19-53-20-21-54-22-23-55-24-25-56-26-27-57-28-29-58-30-31-59-32-33-60-41(46)11-10-40(45)42(47)48/h2-9,39H,10-34H2,1H3,(H,47,48). The summed E-state index contributed by atoms with van der Waals surface area (Å²) < 4.78 is 65.2. The summed E-state index contributed by atoms with van der Waals surface area (Å²) in [5, 5.41) is 8.46. The van der Waals surface area contributed by atoms with Gasteiger partial charge in [-0.25, -0.2) is 9.59 Å². The lowest BCUT2D eigenvalue weighted by Crippen LogP contribution is -2.32. The monoisotopic (exact) mass is 865 g/mol. The number of ketones is 1. The summed E-state index contributed by atoms with van der Waals surface area (Å²) in [6, 6.07) is 16.5. The van der Waals surface area contributed by atoms with E-state index in [-0.39, 0.29) is 38.3 Å². The van der Waals surface area contributed by atoms with Crippen molar-refractivity contribution in [3.05, 3.63) is 59.7 Å². The first kappa shape index (κ1) is 51.3. The Bertz CT molecular complexity index is 1470. The minimum Gasteiger partial charge on any atom is -0.476 e. The fourth-order valence-electron chi connectivity index (χ4n) is 5.69. The number of amides is 1. The smallest absolute Gasteiger partial charge is 0.409 e. The Balaban J connectivity index is 0.951. The van der Waals surface area contributed by atoms with E-state index in [1.54, 1.807) is 7.05 Å². The van der Waals surface area contributed by atoms with Crippen molar-refractivity contribution in [1.82, 2.24) is 4.90 Å². The molecule has 0 aromatic heterocycles. The maximum Gasteiger partial charge on any atom is 0.409 e. The van der Waals surface area contributed by atoms with E-state index in [1.165, 1.54) is 27.2 Å². The average molecular weight is 866 g/mol. The van der Waals surface area contributed by atoms with Gasteiger partial charge in [-0.1, -0.05) is 48.5 Å². The number of aliphatic carboxylic acids is 1. The lowest BCUT2D eigenvalue weighted by molar-refractivity contribution is -0.151. The molecule has 0 heterocycles. The number of carboxylic acids is 1. The zero-order valence-corrected chi connectivity index (χ0v) is 35.3. The highest BCUT2D eigenvalue weighted by Gasteiger charge is 2.29. The second-order valence-electron chi connectivity index (χ2n) is 13.3. The Morgan fingerprint density at radius 1 is 0.475 bits per heavy atom. The molecular weight excluding hydrogens is 802 g/mol. The third kappa shape index (κ3) is 23.1. The summed E-state index contributed by atoms with van der Waals surface area (Å²) in [7, 11) is 1.70. The maximum atomic E-state index is 12.6. The minimum absolute atomic E-state index is 0.00682. The molecule has 0 radical (unpaired) electrons. The van der Waals surface area contributed by atoms with Gasteiger partial charge in [-0.3, -0.25) is 9.59 Å². The van der Waals surface area contributed by atoms with E-state index in [1.807, 2.05) is 24.3 Å². The first-order chi connectivity index (χ1) is 29.9. The Morgan fingerprint density at radius 2 is 0.820 bits per heavy atom. The van der Waals surface area contributed by atoms with Crippen LogP contribution in [0.25, 0.3) is 11.1 Å². The lowest BCUT2D eigenvalue weighted by Gasteiger charge is -2.19. The number of ether oxygens (including phenoxy) is 12. The van der Waals surface area contributed by atoms with Crippen LogP contribution in [0.15, 0.2) is 48.5 Å². The van der Waals surface area contributed by atoms with Crippen molar-refractivity contribution in [2.45, 2.75) is 18.8 Å². The normalized spacial score (nSPS) is 12.0. The molecule has 0 spiro atoms. The third-order valence-corrected chi connectivity index (χ3v) is 8.85. The number of hydrogen-bond acceptors (Lipinski definition) is 16. The van der Waals surface area contributed by atoms with E-state index >= 15 is 0 Å². The second-order valence-corrected chi connectivity index (χ2v) is 13.3. The van der Waals surface area contributed by atoms with Crippen LogP contribution in [0.1, 0.15) is 29.9 Å². The zero-order chi connectivity index (χ0) is 43.6. The van der Waals surface area contributed by atoms with Gasteiger partial charge in [-0.05, 0) is 22.3 Å². The molecule has 61 heavy (non-hydrogen) atoms. The minimum atomic E-state index is -1.57. The molecule has 3 rings (SSSR count). The molecule has 18 heteroatoms. The topological polar surface area (TPSA) is 203 Å². The summed E-state index contributed by atoms with van der Waals surface area (Å²) in [6.07, 6.45) is -1.05. The highest BCUT2D eigenvalue weighted by atomic mass is 16.6. The summed E-state index contributed by atoms with van der Waals surface area (Å²) in [5.74, 6) is -3.22. The zero-order valence-electron chi connectivity index (χ0n) is 35.3. The van der Waals surface area contributed by atoms with Crippen molar-refractivity contribution in [3.8, 4) is 11.1 Å². The fourth-order valence-corrected chi connectivity index (χ4v) is 5.69. The fraction of sp³-hybridized carbons (Fsp3) is 0.628. The summed E-state index contributed by atoms with van der Waals surface area (Å²) in [5.41, 5.74) is 4.76. The van der Waals surface area contributed by atoms with Gasteiger partial charge < -0.3 is 66.8 Å². The van der Waals surface area contributed by atoms with E-state index in [0.717, 1.165) is 0 Å². The third-order valence-electron chi connectivity index (χ3n) is 8.85. The molecule has 0 bridgehead atoms. The Hall–Kier alpha value is -4.08. The largest absolute Gasteiger partial charge is 0.476 e. The van der Waals surface area contributed by atoms with Crippen molar-refractivity contribution in [2.24, 2.45) is 0 Å². The first-order valence-corrected chi connectivity index (χ1v) is 20.6. The predicted octanol–water partition coefficient (Wildman–Crippen LogP) is 3.01. The number of nitrogens with zero attached hydrogens (tertiary/aromatic N) is 1. The lowest BCUT2D eigenvalue weighted by atomic mass is 9.98. The van der Waals surface area contributed by atoms with Crippen molar-refractivity contribution in [3.63, 3.8) is 0 Å². The van der Waals surface area contributed by atoms with Crippen LogP contribution in [0, 0.1) is 0 Å². The predicted molar refractivity (Wildman–Crippen MR) is 219 cm³/mol. The van der Waals surface area contributed by atoms with Crippen LogP contribution in [0.4, 0.5) is 4.79 Å². The first-order valence-electron chi connectivity index (χ1n) is 20.6. The molecule has 0 atom stereocenters. The number of fused-ring (bicyclic) bond motifs is 3. The van der Waals surface area contributed by atoms with E-state index in [4.69, 9.17) is 61.9 Å². The highest BCUT2D eigenvalue weighted by Crippen LogP contribution is 2.44. The molecule has 342 valence electrons. The molecule has 0 saturated heterocycles. The molecule has 1 aliphatic carbocycles. The number of Topliss-reactive ketones (excluding diaryl/α,β-unsaturated/α-hetero) is 1. The number of likely N-dealkylation sites (N-methyl/N-ethyl adjacent to an activating group) is 1. The van der Waals surface area contributed by atoms with E-state index in [2.05, 4.69) is 24.3 Å². The van der Waals surface area contributed by atoms with Gasteiger partial charge in [0.25, 0.3) is 0 Å². The molecule has 1 amide bonds. The average Bonchev–Trinajstić information content (AvgIpc) is 3.59. The summed E-state index contributed by atoms with van der Waals surface area (Å²) in [6.45, 7) is 8.93. The maximum absolute atomic E-state index is 12.6. The van der Waals surface area contributed by atoms with Crippen LogP contribution in [-0.4, -0.2) is 193 Å². The van der Waals surface area contributed by atoms with Gasteiger partial charge in [0.1, 0.15) is 13.2 Å². The number of esters is 1. The number of carbonyl (C=O) groups excluding carboxylic acids is 3. The Morgan fingerprint density at radius 3 is 1.20 bits per heavy atom. The number of benzene rings is 2. The molecular formula is C43H63NO17. The van der Waals surface area contributed by atoms with E-state index in [9.17, 15) is 19.2 Å². The summed E-state index contributed by atoms with van der Waals surface area (Å²) in [4.78, 5) is 46.9. The van der Waals surface area contributed by atoms with Crippen LogP contribution in [-0.2, 0) is 71.2 Å². The van der Waals surface area contributed by atoms with Gasteiger partial charge in [-0.15, -0.1) is 0 Å². The number of carbonyl (C=O) groups is 4. The quantitative estimate of drug-likeness (QED) is 0.0583. The van der Waals surface area contributed by atoms with Crippen molar-refractivity contribution in [2.75, 3.05) is 159 Å². The van der Waals surface area contributed by atoms with Crippen LogP contribution < -0.4 is 0 Å². The molecule has 0 fully saturated rings. The Kier molecular flexibility index (Phi) is 28.2. The highest BCUT2D eigenvalue weighted by molar-refractivity contribution is 6.32. The molecule has 2 aromatic carbocycles. The van der Waals surface area contributed by atoms with Crippen molar-refractivity contribution >= 4 is 23.8 Å². The molecule has 1 aliphatic rings. The van der Waals surface area contributed by atoms with Gasteiger partial charge in [0.05, 0.1) is 139 Å². The van der Waals surface area contributed by atoms with Crippen LogP contribution in [0.3, 0.4) is 0 Å². The van der Waals surface area contributed by atoms with E-state index < -0.39 is 24.1 Å². The number of carboxylic acid groups (broad SMARTS) is 1. The van der Waals surface area contributed by atoms with Gasteiger partial charge in [-0.2, -0.15) is 0 Å². The molecule has 0 aliphatic heterocycles. The number of rotatable bonds is 39. The van der Waals surface area contributed by atoms with E-state index in [0.29, 0.717) is 132 Å². The number of hydrogen-bond donors (Lipinski definition) is 1. The van der Waals surface area contributed by atoms with Crippen LogP contribution in [0.5, 0.6) is 0 Å². The molecule has 0 saturated carbocycles. The van der Waals surface area contributed by atoms with Gasteiger partial charge in [0, 0.05) is 25.9 Å². The van der Waals surface area contributed by atoms with Gasteiger partial charge in [0.15, 0.2) is 0 Å². The van der Waals surface area contributed by atoms with Gasteiger partial charge in [0.2, 0.25) is 5.78 Å². The van der Waals surface area contributed by atoms with Crippen LogP contribution >= 0.6 is 0 Å². The Labute approximate surface area is 357 Å².